The molecule has 3 aromatic carbocycles. The maximum atomic E-state index is 6.16. The molecule has 126 valence electrons. The number of fused-ring (bicyclic) bond motifs is 1. The molecule has 0 atom stereocenters. The molecule has 0 radical (unpaired) electrons. The van der Waals surface area contributed by atoms with Gasteiger partial charge in [-0.15, -0.1) is 0 Å². The van der Waals surface area contributed by atoms with E-state index in [1.54, 1.807) is 0 Å². The molecule has 0 fully saturated rings. The van der Waals surface area contributed by atoms with Gasteiger partial charge in [0.15, 0.2) is 0 Å². The van der Waals surface area contributed by atoms with Crippen LogP contribution in [0.5, 0.6) is 0 Å². The maximum absolute atomic E-state index is 6.16. The lowest BCUT2D eigenvalue weighted by Crippen LogP contribution is -2.20. The molecular weight excluding hydrogens is 320 g/mol. The molecule has 0 amide bonds. The van der Waals surface area contributed by atoms with Crippen LogP contribution in [0.3, 0.4) is 0 Å². The molecule has 1 aliphatic heterocycles. The van der Waals surface area contributed by atoms with Crippen LogP contribution in [0.4, 0.5) is 0 Å². The van der Waals surface area contributed by atoms with Crippen LogP contribution in [-0.4, -0.2) is 18.9 Å². The van der Waals surface area contributed by atoms with Crippen molar-refractivity contribution in [1.29, 1.82) is 0 Å². The van der Waals surface area contributed by atoms with Crippen LogP contribution in [0.2, 0.25) is 0 Å². The summed E-state index contributed by atoms with van der Waals surface area (Å²) < 4.78 is 6.16. The zero-order valence-corrected chi connectivity index (χ0v) is 14.3. The van der Waals surface area contributed by atoms with Crippen molar-refractivity contribution in [2.24, 2.45) is 4.99 Å². The lowest BCUT2D eigenvalue weighted by Gasteiger charge is -2.07. The van der Waals surface area contributed by atoms with Crippen LogP contribution in [0.15, 0.2) is 88.3 Å². The minimum absolute atomic E-state index is 0.824. The Bertz CT molecular complexity index is 1110. The summed E-state index contributed by atoms with van der Waals surface area (Å²) in [5, 5.41) is 4.46. The largest absolute Gasteiger partial charge is 0.456 e. The minimum Gasteiger partial charge on any atom is -0.456 e. The molecule has 26 heavy (non-hydrogen) atoms. The third kappa shape index (κ3) is 2.58. The lowest BCUT2D eigenvalue weighted by atomic mass is 10.0. The van der Waals surface area contributed by atoms with Gasteiger partial charge in [-0.3, -0.25) is 4.99 Å². The first-order valence-electron chi connectivity index (χ1n) is 8.86. The van der Waals surface area contributed by atoms with Gasteiger partial charge in [0.2, 0.25) is 0 Å². The number of nitrogens with zero attached hydrogens (tertiary/aromatic N) is 1. The fourth-order valence-corrected chi connectivity index (χ4v) is 3.47. The number of aliphatic imine (C=N–C) groups is 1. The zero-order chi connectivity index (χ0) is 17.3. The zero-order valence-electron chi connectivity index (χ0n) is 14.3. The summed E-state index contributed by atoms with van der Waals surface area (Å²) in [6.45, 7) is 1.72. The lowest BCUT2D eigenvalue weighted by molar-refractivity contribution is 0.631. The molecule has 4 aromatic rings. The molecule has 0 saturated heterocycles. The first-order chi connectivity index (χ1) is 12.9. The molecule has 3 heteroatoms. The Morgan fingerprint density at radius 3 is 2.38 bits per heavy atom. The topological polar surface area (TPSA) is 37.5 Å². The predicted octanol–water partition coefficient (Wildman–Crippen LogP) is 5.12. The standard InChI is InChI=1S/C23H18N2O/c1-2-6-16(7-3-1)17-10-11-21-18(14-17)15-22(26-21)19-8-4-5-9-20(19)23-24-12-13-25-23/h1-11,14-15H,12-13H2,(H,24,25). The SMILES string of the molecule is c1ccc(-c2ccc3oc(-c4ccccc4C4=NCCN4)cc3c2)cc1. The van der Waals surface area contributed by atoms with Crippen molar-refractivity contribution in [2.45, 2.75) is 0 Å². The van der Waals surface area contributed by atoms with Gasteiger partial charge in [-0.25, -0.2) is 0 Å². The van der Waals surface area contributed by atoms with Gasteiger partial charge in [-0.2, -0.15) is 0 Å². The Kier molecular flexibility index (Phi) is 3.56. The van der Waals surface area contributed by atoms with Crippen LogP contribution in [0.25, 0.3) is 33.4 Å². The number of furan rings is 1. The van der Waals surface area contributed by atoms with E-state index in [0.717, 1.165) is 46.8 Å². The molecule has 3 nitrogen and oxygen atoms in total. The number of rotatable bonds is 3. The number of nitrogens with one attached hydrogen (secondary N) is 1. The van der Waals surface area contributed by atoms with Crippen LogP contribution in [0.1, 0.15) is 5.56 Å². The summed E-state index contributed by atoms with van der Waals surface area (Å²) in [5.41, 5.74) is 5.46. The Balaban J connectivity index is 1.61. The van der Waals surface area contributed by atoms with Crippen LogP contribution in [0, 0.1) is 0 Å². The monoisotopic (exact) mass is 338 g/mol. The maximum Gasteiger partial charge on any atom is 0.136 e. The van der Waals surface area contributed by atoms with Gasteiger partial charge in [0.05, 0.1) is 6.54 Å². The summed E-state index contributed by atoms with van der Waals surface area (Å²) in [5.74, 6) is 1.82. The molecule has 1 aromatic heterocycles. The Morgan fingerprint density at radius 1 is 0.769 bits per heavy atom. The molecule has 0 unspecified atom stereocenters. The van der Waals surface area contributed by atoms with E-state index in [-0.39, 0.29) is 0 Å². The highest BCUT2D eigenvalue weighted by atomic mass is 16.3. The van der Waals surface area contributed by atoms with Crippen LogP contribution >= 0.6 is 0 Å². The van der Waals surface area contributed by atoms with Gasteiger partial charge in [-0.05, 0) is 29.3 Å². The van der Waals surface area contributed by atoms with E-state index in [4.69, 9.17) is 4.42 Å². The second-order valence-electron chi connectivity index (χ2n) is 6.43. The van der Waals surface area contributed by atoms with E-state index in [2.05, 4.69) is 71.0 Å². The van der Waals surface area contributed by atoms with Crippen molar-refractivity contribution >= 4 is 16.8 Å². The number of hydrogen-bond donors (Lipinski definition) is 1. The molecular formula is C23H18N2O. The summed E-state index contributed by atoms with van der Waals surface area (Å²) in [4.78, 5) is 4.56. The second-order valence-corrected chi connectivity index (χ2v) is 6.43. The van der Waals surface area contributed by atoms with Crippen LogP contribution < -0.4 is 5.32 Å². The van der Waals surface area contributed by atoms with E-state index >= 15 is 0 Å². The predicted molar refractivity (Wildman–Crippen MR) is 106 cm³/mol. The highest BCUT2D eigenvalue weighted by Gasteiger charge is 2.16. The van der Waals surface area contributed by atoms with Gasteiger partial charge in [0.1, 0.15) is 17.2 Å². The quantitative estimate of drug-likeness (QED) is 0.563. The van der Waals surface area contributed by atoms with Crippen molar-refractivity contribution in [3.05, 3.63) is 84.4 Å². The number of amidine groups is 1. The van der Waals surface area contributed by atoms with Gasteiger partial charge < -0.3 is 9.73 Å². The average molecular weight is 338 g/mol. The number of benzene rings is 3. The third-order valence-electron chi connectivity index (χ3n) is 4.75. The molecule has 1 aliphatic rings. The van der Waals surface area contributed by atoms with Crippen molar-refractivity contribution in [3.63, 3.8) is 0 Å². The first-order valence-corrected chi connectivity index (χ1v) is 8.86. The van der Waals surface area contributed by atoms with Crippen molar-refractivity contribution in [3.8, 4) is 22.5 Å². The normalized spacial score (nSPS) is 13.6. The van der Waals surface area contributed by atoms with E-state index in [1.165, 1.54) is 11.1 Å². The van der Waals surface area contributed by atoms with Crippen molar-refractivity contribution < 1.29 is 4.42 Å². The molecule has 0 aliphatic carbocycles. The summed E-state index contributed by atoms with van der Waals surface area (Å²) in [6, 6.07) is 27.1. The van der Waals surface area contributed by atoms with Crippen LogP contribution in [-0.2, 0) is 0 Å². The van der Waals surface area contributed by atoms with E-state index in [9.17, 15) is 0 Å². The summed E-state index contributed by atoms with van der Waals surface area (Å²) in [7, 11) is 0. The highest BCUT2D eigenvalue weighted by Crippen LogP contribution is 2.33. The van der Waals surface area contributed by atoms with Crippen molar-refractivity contribution in [1.82, 2.24) is 5.32 Å². The Hall–Kier alpha value is -3.33. The van der Waals surface area contributed by atoms with Gasteiger partial charge >= 0.3 is 0 Å². The summed E-state index contributed by atoms with van der Waals surface area (Å²) >= 11 is 0. The Morgan fingerprint density at radius 2 is 1.58 bits per heavy atom. The molecule has 1 N–H and O–H groups in total. The third-order valence-corrected chi connectivity index (χ3v) is 4.75. The molecule has 0 bridgehead atoms. The molecule has 0 spiro atoms. The van der Waals surface area contributed by atoms with E-state index < -0.39 is 0 Å². The van der Waals surface area contributed by atoms with E-state index in [1.807, 2.05) is 18.2 Å². The average Bonchev–Trinajstić information content (AvgIpc) is 3.38. The highest BCUT2D eigenvalue weighted by molar-refractivity contribution is 6.05. The minimum atomic E-state index is 0.824. The second kappa shape index (κ2) is 6.19. The molecule has 0 saturated carbocycles. The van der Waals surface area contributed by atoms with Gasteiger partial charge in [0, 0.05) is 23.1 Å². The fraction of sp³-hybridized carbons (Fsp3) is 0.0870. The molecule has 5 rings (SSSR count). The number of hydrogen-bond acceptors (Lipinski definition) is 3. The Labute approximate surface area is 152 Å². The van der Waals surface area contributed by atoms with Crippen molar-refractivity contribution in [2.75, 3.05) is 13.1 Å². The van der Waals surface area contributed by atoms with Gasteiger partial charge in [0.25, 0.3) is 0 Å². The molecule has 2 heterocycles. The smallest absolute Gasteiger partial charge is 0.136 e. The van der Waals surface area contributed by atoms with Gasteiger partial charge in [-0.1, -0.05) is 60.7 Å². The first kappa shape index (κ1) is 15.0. The fourth-order valence-electron chi connectivity index (χ4n) is 3.47. The van der Waals surface area contributed by atoms with E-state index in [0.29, 0.717) is 0 Å². The summed E-state index contributed by atoms with van der Waals surface area (Å²) in [6.07, 6.45) is 0.